The lowest BCUT2D eigenvalue weighted by atomic mass is 9.97. The highest BCUT2D eigenvalue weighted by molar-refractivity contribution is 7.89. The third-order valence-corrected chi connectivity index (χ3v) is 4.04. The van der Waals surface area contributed by atoms with Gasteiger partial charge in [-0.15, -0.1) is 0 Å². The summed E-state index contributed by atoms with van der Waals surface area (Å²) >= 11 is 11.7. The van der Waals surface area contributed by atoms with E-state index in [1.165, 1.54) is 6.07 Å². The number of carbonyl (C=O) groups excluding carboxylic acids is 1. The lowest BCUT2D eigenvalue weighted by Crippen LogP contribution is -2.32. The molecule has 0 saturated carbocycles. The number of nitrogens with two attached hydrogens (primary N) is 1. The Kier molecular flexibility index (Phi) is 5.08. The molecule has 1 aromatic carbocycles. The summed E-state index contributed by atoms with van der Waals surface area (Å²) < 4.78 is 22.8. The molecule has 112 valence electrons. The van der Waals surface area contributed by atoms with Crippen LogP contribution < -0.4 is 10.5 Å². The molecule has 0 heterocycles. The van der Waals surface area contributed by atoms with Crippen LogP contribution >= 0.6 is 23.2 Å². The lowest BCUT2D eigenvalue weighted by Gasteiger charge is -2.19. The van der Waals surface area contributed by atoms with Crippen molar-refractivity contribution in [3.8, 4) is 0 Å². The van der Waals surface area contributed by atoms with Gasteiger partial charge >= 0.3 is 0 Å². The number of nitrogens with one attached hydrogen (secondary N) is 1. The fraction of sp³-hybridized carbons (Fsp3) is 0.417. The molecule has 3 N–H and O–H groups in total. The van der Waals surface area contributed by atoms with Crippen LogP contribution in [0.1, 0.15) is 31.1 Å². The van der Waals surface area contributed by atoms with E-state index in [4.69, 9.17) is 28.3 Å². The van der Waals surface area contributed by atoms with E-state index < -0.39 is 15.9 Å². The van der Waals surface area contributed by atoms with Crippen LogP contribution in [0.15, 0.2) is 17.0 Å². The summed E-state index contributed by atoms with van der Waals surface area (Å²) in [6.45, 7) is 6.26. The number of amides is 1. The number of rotatable bonds is 3. The average molecular weight is 339 g/mol. The van der Waals surface area contributed by atoms with Gasteiger partial charge in [0.05, 0.1) is 15.6 Å². The minimum absolute atomic E-state index is 0.0179. The molecular formula is C12H16Cl2N2O3S. The molecule has 0 atom stereocenters. The highest BCUT2D eigenvalue weighted by Gasteiger charge is 2.20. The molecule has 0 radical (unpaired) electrons. The van der Waals surface area contributed by atoms with Crippen molar-refractivity contribution < 1.29 is 13.2 Å². The van der Waals surface area contributed by atoms with E-state index in [9.17, 15) is 13.2 Å². The molecule has 1 amide bonds. The van der Waals surface area contributed by atoms with Gasteiger partial charge in [0, 0.05) is 6.54 Å². The maximum absolute atomic E-state index is 12.0. The summed E-state index contributed by atoms with van der Waals surface area (Å²) in [5.74, 6) is -0.480. The summed E-state index contributed by atoms with van der Waals surface area (Å²) in [5.41, 5.74) is -0.0958. The molecule has 1 aromatic rings. The lowest BCUT2D eigenvalue weighted by molar-refractivity contribution is 0.0939. The largest absolute Gasteiger partial charge is 0.351 e. The van der Waals surface area contributed by atoms with Crippen LogP contribution in [0.25, 0.3) is 0 Å². The second-order valence-electron chi connectivity index (χ2n) is 5.55. The maximum atomic E-state index is 12.0. The zero-order valence-corrected chi connectivity index (χ0v) is 13.7. The van der Waals surface area contributed by atoms with Gasteiger partial charge in [-0.25, -0.2) is 13.6 Å². The molecule has 0 saturated heterocycles. The van der Waals surface area contributed by atoms with Crippen LogP contribution in [-0.2, 0) is 10.0 Å². The van der Waals surface area contributed by atoms with Gasteiger partial charge in [0.25, 0.3) is 5.91 Å². The van der Waals surface area contributed by atoms with E-state index >= 15 is 0 Å². The van der Waals surface area contributed by atoms with E-state index in [1.54, 1.807) is 0 Å². The van der Waals surface area contributed by atoms with Crippen LogP contribution in [-0.4, -0.2) is 20.9 Å². The van der Waals surface area contributed by atoms with Crippen LogP contribution in [0.2, 0.25) is 10.0 Å². The normalized spacial score (nSPS) is 12.3. The zero-order chi connectivity index (χ0) is 15.7. The summed E-state index contributed by atoms with van der Waals surface area (Å²) in [6.07, 6.45) is 0. The van der Waals surface area contributed by atoms with E-state index in [0.29, 0.717) is 6.54 Å². The monoisotopic (exact) mass is 338 g/mol. The van der Waals surface area contributed by atoms with Gasteiger partial charge in [-0.3, -0.25) is 4.79 Å². The molecule has 0 aliphatic carbocycles. The van der Waals surface area contributed by atoms with Crippen molar-refractivity contribution >= 4 is 39.1 Å². The minimum Gasteiger partial charge on any atom is -0.351 e. The Bertz CT molecular complexity index is 637. The van der Waals surface area contributed by atoms with Crippen molar-refractivity contribution in [2.75, 3.05) is 6.54 Å². The fourth-order valence-corrected chi connectivity index (χ4v) is 2.77. The predicted octanol–water partition coefficient (Wildman–Crippen LogP) is 2.42. The molecule has 8 heteroatoms. The standard InChI is InChI=1S/C12H16Cl2N2O3S/c1-12(2,3)6-16-11(17)7-4-10(20(15,18)19)9(14)5-8(7)13/h4-5H,6H2,1-3H3,(H,16,17)(H2,15,18,19). The topological polar surface area (TPSA) is 89.3 Å². The summed E-state index contributed by atoms with van der Waals surface area (Å²) in [7, 11) is -4.02. The Hall–Kier alpha value is -0.820. The second-order valence-corrected chi connectivity index (χ2v) is 7.90. The van der Waals surface area contributed by atoms with Crippen LogP contribution in [0.3, 0.4) is 0 Å². The van der Waals surface area contributed by atoms with Crippen molar-refractivity contribution in [3.05, 3.63) is 27.7 Å². The first-order valence-electron chi connectivity index (χ1n) is 5.72. The molecular weight excluding hydrogens is 323 g/mol. The molecule has 0 fully saturated rings. The molecule has 0 spiro atoms. The Balaban J connectivity index is 3.16. The highest BCUT2D eigenvalue weighted by atomic mass is 35.5. The van der Waals surface area contributed by atoms with Crippen LogP contribution in [0.4, 0.5) is 0 Å². The first-order chi connectivity index (χ1) is 8.92. The SMILES string of the molecule is CC(C)(C)CNC(=O)c1cc(S(N)(=O)=O)c(Cl)cc1Cl. The van der Waals surface area contributed by atoms with E-state index in [0.717, 1.165) is 6.07 Å². The van der Waals surface area contributed by atoms with Crippen LogP contribution in [0, 0.1) is 5.41 Å². The fourth-order valence-electron chi connectivity index (χ4n) is 1.36. The van der Waals surface area contributed by atoms with Gasteiger partial charge in [0.1, 0.15) is 4.90 Å². The molecule has 0 aliphatic heterocycles. The molecule has 20 heavy (non-hydrogen) atoms. The first-order valence-corrected chi connectivity index (χ1v) is 8.02. The molecule has 0 bridgehead atoms. The van der Waals surface area contributed by atoms with Crippen molar-refractivity contribution in [2.45, 2.75) is 25.7 Å². The van der Waals surface area contributed by atoms with Crippen molar-refractivity contribution in [1.29, 1.82) is 0 Å². The third-order valence-electron chi connectivity index (χ3n) is 2.35. The van der Waals surface area contributed by atoms with Gasteiger partial charge in [0.15, 0.2) is 0 Å². The van der Waals surface area contributed by atoms with Crippen molar-refractivity contribution in [1.82, 2.24) is 5.32 Å². The van der Waals surface area contributed by atoms with E-state index in [1.807, 2.05) is 20.8 Å². The number of sulfonamides is 1. The Morgan fingerprint density at radius 3 is 2.25 bits per heavy atom. The second kappa shape index (κ2) is 5.89. The number of benzene rings is 1. The van der Waals surface area contributed by atoms with Crippen molar-refractivity contribution in [3.63, 3.8) is 0 Å². The van der Waals surface area contributed by atoms with Gasteiger partial charge in [0.2, 0.25) is 10.0 Å². The molecule has 0 aromatic heterocycles. The first kappa shape index (κ1) is 17.2. The van der Waals surface area contributed by atoms with Gasteiger partial charge in [-0.1, -0.05) is 44.0 Å². The predicted molar refractivity (Wildman–Crippen MR) is 79.6 cm³/mol. The van der Waals surface area contributed by atoms with E-state index in [2.05, 4.69) is 5.32 Å². The summed E-state index contributed by atoms with van der Waals surface area (Å²) in [5, 5.41) is 7.65. The summed E-state index contributed by atoms with van der Waals surface area (Å²) in [6, 6.07) is 2.27. The maximum Gasteiger partial charge on any atom is 0.252 e. The smallest absolute Gasteiger partial charge is 0.252 e. The van der Waals surface area contributed by atoms with E-state index in [-0.39, 0.29) is 25.9 Å². The van der Waals surface area contributed by atoms with Crippen molar-refractivity contribution in [2.24, 2.45) is 10.6 Å². The van der Waals surface area contributed by atoms with Crippen LogP contribution in [0.5, 0.6) is 0 Å². The quantitative estimate of drug-likeness (QED) is 0.886. The molecule has 0 unspecified atom stereocenters. The number of carbonyl (C=O) groups is 1. The third kappa shape index (κ3) is 4.63. The van der Waals surface area contributed by atoms with Gasteiger partial charge in [-0.05, 0) is 17.5 Å². The Morgan fingerprint density at radius 2 is 1.80 bits per heavy atom. The number of primary sulfonamides is 1. The molecule has 0 aliphatic rings. The van der Waals surface area contributed by atoms with Gasteiger partial charge < -0.3 is 5.32 Å². The average Bonchev–Trinajstić information content (AvgIpc) is 2.23. The number of halogens is 2. The highest BCUT2D eigenvalue weighted by Crippen LogP contribution is 2.28. The minimum atomic E-state index is -4.02. The Labute approximate surface area is 128 Å². The number of hydrogen-bond acceptors (Lipinski definition) is 3. The number of hydrogen-bond donors (Lipinski definition) is 2. The summed E-state index contributed by atoms with van der Waals surface area (Å²) in [4.78, 5) is 11.7. The zero-order valence-electron chi connectivity index (χ0n) is 11.3. The Morgan fingerprint density at radius 1 is 1.25 bits per heavy atom. The molecule has 1 rings (SSSR count). The molecule has 5 nitrogen and oxygen atoms in total. The van der Waals surface area contributed by atoms with Gasteiger partial charge in [-0.2, -0.15) is 0 Å².